The van der Waals surface area contributed by atoms with E-state index in [2.05, 4.69) is 0 Å². The first-order chi connectivity index (χ1) is 14.2. The summed E-state index contributed by atoms with van der Waals surface area (Å²) in [5.74, 6) is 1.33. The number of nitrogens with zero attached hydrogens (tertiary/aromatic N) is 2. The van der Waals surface area contributed by atoms with Gasteiger partial charge in [-0.15, -0.1) is 0 Å². The minimum absolute atomic E-state index is 0.0782. The van der Waals surface area contributed by atoms with Crippen LogP contribution in [0.2, 0.25) is 0 Å². The van der Waals surface area contributed by atoms with Gasteiger partial charge in [-0.3, -0.25) is 9.69 Å². The van der Waals surface area contributed by atoms with E-state index < -0.39 is 0 Å². The zero-order valence-electron chi connectivity index (χ0n) is 16.2. The molecule has 6 heteroatoms. The lowest BCUT2D eigenvalue weighted by Crippen LogP contribution is -2.27. The molecule has 5 nitrogen and oxygen atoms in total. The second-order valence-electron chi connectivity index (χ2n) is 6.42. The Kier molecular flexibility index (Phi) is 5.44. The monoisotopic (exact) mass is 404 g/mol. The number of thiazole rings is 1. The molecular weight excluding hydrogens is 384 g/mol. The molecule has 0 fully saturated rings. The zero-order valence-corrected chi connectivity index (χ0v) is 17.0. The molecule has 1 aromatic heterocycles. The van der Waals surface area contributed by atoms with Crippen molar-refractivity contribution in [2.75, 3.05) is 19.1 Å². The minimum atomic E-state index is -0.0782. The number of fused-ring (bicyclic) bond motifs is 1. The van der Waals surface area contributed by atoms with Crippen LogP contribution in [0.5, 0.6) is 11.5 Å². The lowest BCUT2D eigenvalue weighted by atomic mass is 10.1. The van der Waals surface area contributed by atoms with Crippen LogP contribution in [0.25, 0.3) is 10.2 Å². The van der Waals surface area contributed by atoms with Gasteiger partial charge in [0.2, 0.25) is 5.91 Å². The summed E-state index contributed by atoms with van der Waals surface area (Å²) in [5.41, 5.74) is 2.47. The van der Waals surface area contributed by atoms with Crippen molar-refractivity contribution in [2.45, 2.75) is 6.42 Å². The number of hydrogen-bond acceptors (Lipinski definition) is 5. The van der Waals surface area contributed by atoms with Crippen molar-refractivity contribution in [1.82, 2.24) is 4.98 Å². The summed E-state index contributed by atoms with van der Waals surface area (Å²) in [6.07, 6.45) is 0.227. The fourth-order valence-electron chi connectivity index (χ4n) is 3.10. The second-order valence-corrected chi connectivity index (χ2v) is 7.43. The van der Waals surface area contributed by atoms with E-state index in [1.54, 1.807) is 19.1 Å². The largest absolute Gasteiger partial charge is 0.497 e. The Labute approximate surface area is 173 Å². The number of methoxy groups -OCH3 is 2. The van der Waals surface area contributed by atoms with Gasteiger partial charge in [-0.1, -0.05) is 41.7 Å². The molecule has 0 spiro atoms. The van der Waals surface area contributed by atoms with E-state index in [4.69, 9.17) is 14.5 Å². The topological polar surface area (TPSA) is 51.7 Å². The maximum Gasteiger partial charge on any atom is 0.237 e. The predicted octanol–water partition coefficient (Wildman–Crippen LogP) is 5.22. The molecule has 1 amide bonds. The Morgan fingerprint density at radius 2 is 1.66 bits per heavy atom. The predicted molar refractivity (Wildman–Crippen MR) is 116 cm³/mol. The van der Waals surface area contributed by atoms with E-state index in [-0.39, 0.29) is 12.3 Å². The third kappa shape index (κ3) is 4.07. The van der Waals surface area contributed by atoms with Crippen molar-refractivity contribution in [3.8, 4) is 11.5 Å². The number of aromatic nitrogens is 1. The van der Waals surface area contributed by atoms with Gasteiger partial charge < -0.3 is 9.47 Å². The number of anilines is 2. The van der Waals surface area contributed by atoms with Gasteiger partial charge in [0.1, 0.15) is 11.5 Å². The number of hydrogen-bond donors (Lipinski definition) is 0. The van der Waals surface area contributed by atoms with Crippen LogP contribution in [0.15, 0.2) is 72.8 Å². The Bertz CT molecular complexity index is 1120. The van der Waals surface area contributed by atoms with Crippen molar-refractivity contribution < 1.29 is 14.3 Å². The molecule has 3 aromatic carbocycles. The average molecular weight is 404 g/mol. The third-order valence-corrected chi connectivity index (χ3v) is 5.55. The highest BCUT2D eigenvalue weighted by atomic mass is 32.1. The van der Waals surface area contributed by atoms with Gasteiger partial charge >= 0.3 is 0 Å². The Morgan fingerprint density at radius 1 is 0.931 bits per heavy atom. The molecule has 0 bridgehead atoms. The molecular formula is C23H20N2O3S. The van der Waals surface area contributed by atoms with Gasteiger partial charge in [-0.25, -0.2) is 4.98 Å². The number of ether oxygens (including phenoxy) is 2. The third-order valence-electron chi connectivity index (χ3n) is 4.52. The van der Waals surface area contributed by atoms with Gasteiger partial charge in [0.25, 0.3) is 0 Å². The van der Waals surface area contributed by atoms with Crippen LogP contribution < -0.4 is 14.4 Å². The Hall–Kier alpha value is -3.38. The summed E-state index contributed by atoms with van der Waals surface area (Å²) in [7, 11) is 3.23. The molecule has 0 N–H and O–H groups in total. The lowest BCUT2D eigenvalue weighted by Gasteiger charge is -2.21. The number of amides is 1. The summed E-state index contributed by atoms with van der Waals surface area (Å²) >= 11 is 1.49. The number of rotatable bonds is 6. The van der Waals surface area contributed by atoms with Crippen LogP contribution in [0.4, 0.5) is 10.8 Å². The van der Waals surface area contributed by atoms with E-state index >= 15 is 0 Å². The van der Waals surface area contributed by atoms with Crippen molar-refractivity contribution in [3.05, 3.63) is 78.4 Å². The number of carbonyl (C=O) groups excluding carboxylic acids is 1. The van der Waals surface area contributed by atoms with Crippen molar-refractivity contribution in [3.63, 3.8) is 0 Å². The standard InChI is InChI=1S/C23H20N2O3S/c1-27-18-9-5-7-16(13-18)14-22(26)25(17-8-6-10-19(15-17)28-2)23-24-20-11-3-4-12-21(20)29-23/h3-13,15H,14H2,1-2H3. The molecule has 0 aliphatic carbocycles. The van der Waals surface area contributed by atoms with Crippen LogP contribution >= 0.6 is 11.3 Å². The lowest BCUT2D eigenvalue weighted by molar-refractivity contribution is -0.117. The van der Waals surface area contributed by atoms with Crippen molar-refractivity contribution in [2.24, 2.45) is 0 Å². The molecule has 0 saturated carbocycles. The van der Waals surface area contributed by atoms with E-state index in [1.807, 2.05) is 72.8 Å². The van der Waals surface area contributed by atoms with Gasteiger partial charge in [0.05, 0.1) is 36.5 Å². The summed E-state index contributed by atoms with van der Waals surface area (Å²) in [4.78, 5) is 19.8. The fraction of sp³-hybridized carbons (Fsp3) is 0.130. The van der Waals surface area contributed by atoms with Gasteiger partial charge in [0.15, 0.2) is 5.13 Å². The first-order valence-electron chi connectivity index (χ1n) is 9.13. The molecule has 0 radical (unpaired) electrons. The molecule has 4 aromatic rings. The molecule has 4 rings (SSSR count). The molecule has 0 unspecified atom stereocenters. The van der Waals surface area contributed by atoms with E-state index in [0.717, 1.165) is 27.2 Å². The van der Waals surface area contributed by atoms with Crippen LogP contribution in [0.1, 0.15) is 5.56 Å². The van der Waals surface area contributed by atoms with Crippen LogP contribution in [-0.2, 0) is 11.2 Å². The first-order valence-corrected chi connectivity index (χ1v) is 9.95. The maximum atomic E-state index is 13.4. The minimum Gasteiger partial charge on any atom is -0.497 e. The van der Waals surface area contributed by atoms with Gasteiger partial charge in [-0.2, -0.15) is 0 Å². The maximum absolute atomic E-state index is 13.4. The molecule has 0 aliphatic rings. The van der Waals surface area contributed by atoms with Crippen molar-refractivity contribution in [1.29, 1.82) is 0 Å². The van der Waals surface area contributed by atoms with Gasteiger partial charge in [0, 0.05) is 6.07 Å². The smallest absolute Gasteiger partial charge is 0.237 e. The summed E-state index contributed by atoms with van der Waals surface area (Å²) in [6.45, 7) is 0. The van der Waals surface area contributed by atoms with Gasteiger partial charge in [-0.05, 0) is 42.0 Å². The highest BCUT2D eigenvalue weighted by molar-refractivity contribution is 7.22. The normalized spacial score (nSPS) is 10.7. The molecule has 0 aliphatic heterocycles. The Morgan fingerprint density at radius 3 is 2.41 bits per heavy atom. The number of benzene rings is 3. The van der Waals surface area contributed by atoms with E-state index in [0.29, 0.717) is 10.9 Å². The second kappa shape index (κ2) is 8.32. The quantitative estimate of drug-likeness (QED) is 0.442. The summed E-state index contributed by atoms with van der Waals surface area (Å²) in [5, 5.41) is 0.632. The van der Waals surface area contributed by atoms with Crippen LogP contribution in [-0.4, -0.2) is 25.1 Å². The fourth-order valence-corrected chi connectivity index (χ4v) is 4.11. The molecule has 146 valence electrons. The number of para-hydroxylation sites is 1. The first kappa shape index (κ1) is 19.0. The van der Waals surface area contributed by atoms with E-state index in [9.17, 15) is 4.79 Å². The Balaban J connectivity index is 1.75. The zero-order chi connectivity index (χ0) is 20.2. The number of carbonyl (C=O) groups is 1. The molecule has 29 heavy (non-hydrogen) atoms. The molecule has 0 atom stereocenters. The van der Waals surface area contributed by atoms with E-state index in [1.165, 1.54) is 11.3 Å². The summed E-state index contributed by atoms with van der Waals surface area (Å²) in [6, 6.07) is 22.9. The van der Waals surface area contributed by atoms with Crippen LogP contribution in [0, 0.1) is 0 Å². The highest BCUT2D eigenvalue weighted by Crippen LogP contribution is 2.35. The SMILES string of the molecule is COc1cccc(CC(=O)N(c2cccc(OC)c2)c2nc3ccccc3s2)c1. The molecule has 1 heterocycles. The summed E-state index contributed by atoms with van der Waals surface area (Å²) < 4.78 is 11.7. The average Bonchev–Trinajstić information content (AvgIpc) is 3.17. The molecule has 0 saturated heterocycles. The highest BCUT2D eigenvalue weighted by Gasteiger charge is 2.22. The van der Waals surface area contributed by atoms with Crippen LogP contribution in [0.3, 0.4) is 0 Å². The van der Waals surface area contributed by atoms with Crippen molar-refractivity contribution >= 4 is 38.3 Å².